The van der Waals surface area contributed by atoms with Gasteiger partial charge in [-0.1, -0.05) is 18.2 Å². The molecule has 1 aliphatic rings. The first-order valence-electron chi connectivity index (χ1n) is 7.44. The molecular weight excluding hydrogens is 278 g/mol. The Kier molecular flexibility index (Phi) is 4.28. The van der Waals surface area contributed by atoms with Crippen LogP contribution in [-0.4, -0.2) is 26.2 Å². The van der Waals surface area contributed by atoms with E-state index >= 15 is 0 Å². The number of hydrogen-bond donors (Lipinski definition) is 1. The fourth-order valence-corrected chi connectivity index (χ4v) is 2.65. The minimum atomic E-state index is -0.0513. The summed E-state index contributed by atoms with van der Waals surface area (Å²) in [7, 11) is 1.66. The molecule has 0 unspecified atom stereocenters. The predicted molar refractivity (Wildman–Crippen MR) is 84.7 cm³/mol. The first kappa shape index (κ1) is 14.4. The number of carbonyl (C=O) groups is 1. The number of ether oxygens (including phenoxy) is 2. The highest BCUT2D eigenvalue weighted by atomic mass is 16.5. The summed E-state index contributed by atoms with van der Waals surface area (Å²) in [4.78, 5) is 12.2. The lowest BCUT2D eigenvalue weighted by Gasteiger charge is -2.09. The van der Waals surface area contributed by atoms with Crippen LogP contribution in [0.25, 0.3) is 0 Å². The quantitative estimate of drug-likeness (QED) is 0.923. The number of carbonyl (C=O) groups excluding carboxylic acids is 1. The zero-order chi connectivity index (χ0) is 15.4. The topological polar surface area (TPSA) is 47.6 Å². The van der Waals surface area contributed by atoms with Gasteiger partial charge < -0.3 is 14.8 Å². The van der Waals surface area contributed by atoms with Crippen molar-refractivity contribution in [2.75, 3.05) is 20.3 Å². The Balaban J connectivity index is 1.58. The van der Waals surface area contributed by atoms with Crippen molar-refractivity contribution in [2.24, 2.45) is 0 Å². The van der Waals surface area contributed by atoms with Crippen molar-refractivity contribution in [3.8, 4) is 11.5 Å². The van der Waals surface area contributed by atoms with Gasteiger partial charge in [-0.2, -0.15) is 0 Å². The zero-order valence-corrected chi connectivity index (χ0v) is 12.6. The van der Waals surface area contributed by atoms with Gasteiger partial charge in [-0.15, -0.1) is 0 Å². The van der Waals surface area contributed by atoms with Crippen molar-refractivity contribution >= 4 is 5.91 Å². The zero-order valence-electron chi connectivity index (χ0n) is 12.6. The Bertz CT molecular complexity index is 682. The largest absolute Gasteiger partial charge is 0.496 e. The first-order chi connectivity index (χ1) is 10.8. The Morgan fingerprint density at radius 2 is 2.14 bits per heavy atom. The number of methoxy groups -OCH3 is 1. The second-order valence-corrected chi connectivity index (χ2v) is 5.24. The normalized spacial score (nSPS) is 12.4. The molecule has 0 aromatic heterocycles. The van der Waals surface area contributed by atoms with Gasteiger partial charge in [0.2, 0.25) is 0 Å². The van der Waals surface area contributed by atoms with E-state index in [-0.39, 0.29) is 5.91 Å². The fourth-order valence-electron chi connectivity index (χ4n) is 2.65. The molecule has 114 valence electrons. The standard InChI is InChI=1S/C18H19NO3/c1-21-16-5-3-2-4-13(16)8-10-19-18(20)15-6-7-17-14(12-15)9-11-22-17/h2-7,12H,8-11H2,1H3,(H,19,20). The first-order valence-corrected chi connectivity index (χ1v) is 7.44. The molecule has 0 saturated carbocycles. The second kappa shape index (κ2) is 6.52. The summed E-state index contributed by atoms with van der Waals surface area (Å²) in [5.41, 5.74) is 2.88. The van der Waals surface area contributed by atoms with Gasteiger partial charge in [0, 0.05) is 18.5 Å². The van der Waals surface area contributed by atoms with Crippen molar-refractivity contribution in [2.45, 2.75) is 12.8 Å². The van der Waals surface area contributed by atoms with E-state index in [1.165, 1.54) is 0 Å². The number of para-hydroxylation sites is 1. The number of hydrogen-bond acceptors (Lipinski definition) is 3. The molecule has 4 heteroatoms. The highest BCUT2D eigenvalue weighted by molar-refractivity contribution is 5.94. The molecule has 2 aromatic rings. The van der Waals surface area contributed by atoms with E-state index in [9.17, 15) is 4.79 Å². The Hall–Kier alpha value is -2.49. The minimum absolute atomic E-state index is 0.0513. The average molecular weight is 297 g/mol. The molecule has 0 radical (unpaired) electrons. The van der Waals surface area contributed by atoms with Crippen LogP contribution in [0.4, 0.5) is 0 Å². The van der Waals surface area contributed by atoms with E-state index in [0.29, 0.717) is 18.7 Å². The average Bonchev–Trinajstić information content (AvgIpc) is 3.02. The van der Waals surface area contributed by atoms with E-state index in [0.717, 1.165) is 35.5 Å². The Morgan fingerprint density at radius 1 is 1.27 bits per heavy atom. The molecule has 4 nitrogen and oxygen atoms in total. The highest BCUT2D eigenvalue weighted by Crippen LogP contribution is 2.25. The van der Waals surface area contributed by atoms with Gasteiger partial charge >= 0.3 is 0 Å². The van der Waals surface area contributed by atoms with Gasteiger partial charge in [0.25, 0.3) is 5.91 Å². The van der Waals surface area contributed by atoms with Crippen molar-refractivity contribution < 1.29 is 14.3 Å². The van der Waals surface area contributed by atoms with E-state index in [4.69, 9.17) is 9.47 Å². The van der Waals surface area contributed by atoms with Gasteiger partial charge in [-0.3, -0.25) is 4.79 Å². The van der Waals surface area contributed by atoms with Crippen LogP contribution in [0.1, 0.15) is 21.5 Å². The molecule has 22 heavy (non-hydrogen) atoms. The van der Waals surface area contributed by atoms with E-state index in [2.05, 4.69) is 5.32 Å². The van der Waals surface area contributed by atoms with Gasteiger partial charge in [-0.25, -0.2) is 0 Å². The molecule has 0 bridgehead atoms. The number of amides is 1. The summed E-state index contributed by atoms with van der Waals surface area (Å²) < 4.78 is 10.8. The predicted octanol–water partition coefficient (Wildman–Crippen LogP) is 2.60. The molecule has 0 saturated heterocycles. The molecule has 2 aromatic carbocycles. The van der Waals surface area contributed by atoms with Crippen molar-refractivity contribution in [3.05, 3.63) is 59.2 Å². The summed E-state index contributed by atoms with van der Waals surface area (Å²) in [6, 6.07) is 13.4. The van der Waals surface area contributed by atoms with Crippen LogP contribution in [0.15, 0.2) is 42.5 Å². The molecule has 1 N–H and O–H groups in total. The van der Waals surface area contributed by atoms with Crippen LogP contribution >= 0.6 is 0 Å². The van der Waals surface area contributed by atoms with Gasteiger partial charge in [0.15, 0.2) is 0 Å². The van der Waals surface area contributed by atoms with E-state index in [1.807, 2.05) is 42.5 Å². The maximum absolute atomic E-state index is 12.2. The fraction of sp³-hybridized carbons (Fsp3) is 0.278. The summed E-state index contributed by atoms with van der Waals surface area (Å²) in [6.07, 6.45) is 1.61. The van der Waals surface area contributed by atoms with Crippen LogP contribution in [0, 0.1) is 0 Å². The minimum Gasteiger partial charge on any atom is -0.496 e. The summed E-state index contributed by atoms with van der Waals surface area (Å²) in [5, 5.41) is 2.95. The molecule has 1 aliphatic heterocycles. The third kappa shape index (κ3) is 3.06. The monoisotopic (exact) mass is 297 g/mol. The number of rotatable bonds is 5. The van der Waals surface area contributed by atoms with Crippen LogP contribution in [-0.2, 0) is 12.8 Å². The van der Waals surface area contributed by atoms with Crippen LogP contribution < -0.4 is 14.8 Å². The lowest BCUT2D eigenvalue weighted by molar-refractivity contribution is 0.0954. The van der Waals surface area contributed by atoms with Crippen molar-refractivity contribution in [3.63, 3.8) is 0 Å². The molecule has 0 atom stereocenters. The second-order valence-electron chi connectivity index (χ2n) is 5.24. The highest BCUT2D eigenvalue weighted by Gasteiger charge is 2.14. The third-order valence-corrected chi connectivity index (χ3v) is 3.82. The molecule has 1 heterocycles. The van der Waals surface area contributed by atoms with E-state index < -0.39 is 0 Å². The number of fused-ring (bicyclic) bond motifs is 1. The van der Waals surface area contributed by atoms with Crippen molar-refractivity contribution in [1.29, 1.82) is 0 Å². The maximum atomic E-state index is 12.2. The molecule has 0 spiro atoms. The van der Waals surface area contributed by atoms with Crippen molar-refractivity contribution in [1.82, 2.24) is 5.32 Å². The van der Waals surface area contributed by atoms with E-state index in [1.54, 1.807) is 7.11 Å². The molecule has 0 fully saturated rings. The summed E-state index contributed by atoms with van der Waals surface area (Å²) in [6.45, 7) is 1.28. The molecule has 0 aliphatic carbocycles. The molecular formula is C18H19NO3. The number of nitrogens with one attached hydrogen (secondary N) is 1. The van der Waals surface area contributed by atoms with Crippen LogP contribution in [0.2, 0.25) is 0 Å². The molecule has 1 amide bonds. The Labute approximate surface area is 130 Å². The van der Waals surface area contributed by atoms with Crippen LogP contribution in [0.3, 0.4) is 0 Å². The van der Waals surface area contributed by atoms with Crippen LogP contribution in [0.5, 0.6) is 11.5 Å². The maximum Gasteiger partial charge on any atom is 0.251 e. The summed E-state index contributed by atoms with van der Waals surface area (Å²) in [5.74, 6) is 1.70. The van der Waals surface area contributed by atoms with Gasteiger partial charge in [0.05, 0.1) is 13.7 Å². The van der Waals surface area contributed by atoms with Gasteiger partial charge in [-0.05, 0) is 41.8 Å². The van der Waals surface area contributed by atoms with Gasteiger partial charge in [0.1, 0.15) is 11.5 Å². The SMILES string of the molecule is COc1ccccc1CCNC(=O)c1ccc2c(c1)CCO2. The molecule has 3 rings (SSSR count). The smallest absolute Gasteiger partial charge is 0.251 e. The Morgan fingerprint density at radius 3 is 3.00 bits per heavy atom. The summed E-state index contributed by atoms with van der Waals surface area (Å²) >= 11 is 0. The lowest BCUT2D eigenvalue weighted by atomic mass is 10.1. The lowest BCUT2D eigenvalue weighted by Crippen LogP contribution is -2.25. The third-order valence-electron chi connectivity index (χ3n) is 3.82. The number of benzene rings is 2.